The maximum absolute atomic E-state index is 12.2. The number of carbonyl (C=O) groups is 4. The molecule has 0 amide bonds. The summed E-state index contributed by atoms with van der Waals surface area (Å²) in [7, 11) is 1.51. The molecule has 4 N–H and O–H groups in total. The molecule has 2 aliphatic heterocycles. The minimum atomic E-state index is -0.538. The Morgan fingerprint density at radius 2 is 1.15 bits per heavy atom. The smallest absolute Gasteiger partial charge is 0.161 e. The number of aliphatic hydroxyl groups is 1. The van der Waals surface area contributed by atoms with E-state index in [2.05, 4.69) is 20.8 Å². The molecule has 2 rings (SSSR count). The van der Waals surface area contributed by atoms with Crippen LogP contribution in [0.15, 0.2) is 0 Å². The number of ketones is 3. The van der Waals surface area contributed by atoms with Crippen LogP contribution in [0.4, 0.5) is 0 Å². The SMILES string of the molecule is C=O.COOCCCCCCC(=O)CCCCCC(=O)CCCCCC(=O)CCCCCNCCCCC1SCC2NC(O)NC21. The summed E-state index contributed by atoms with van der Waals surface area (Å²) in [4.78, 5) is 53.7. The topological polar surface area (TPSA) is 143 Å². The van der Waals surface area contributed by atoms with Crippen molar-refractivity contribution < 1.29 is 34.1 Å². The van der Waals surface area contributed by atoms with Crippen LogP contribution in [0, 0.1) is 0 Å². The highest BCUT2D eigenvalue weighted by Gasteiger charge is 2.42. The third-order valence-electron chi connectivity index (χ3n) is 8.82. The van der Waals surface area contributed by atoms with E-state index >= 15 is 0 Å². The molecule has 2 fully saturated rings. The van der Waals surface area contributed by atoms with Crippen molar-refractivity contribution in [3.8, 4) is 0 Å². The molecular weight excluding hydrogens is 606 g/mol. The van der Waals surface area contributed by atoms with Crippen molar-refractivity contribution in [1.29, 1.82) is 0 Å². The van der Waals surface area contributed by atoms with Gasteiger partial charge in [0.15, 0.2) is 6.35 Å². The van der Waals surface area contributed by atoms with Crippen LogP contribution in [0.2, 0.25) is 0 Å². The van der Waals surface area contributed by atoms with Crippen LogP contribution < -0.4 is 16.0 Å². The van der Waals surface area contributed by atoms with Gasteiger partial charge in [0.25, 0.3) is 0 Å². The molecule has 0 aromatic carbocycles. The van der Waals surface area contributed by atoms with Gasteiger partial charge in [0.1, 0.15) is 24.1 Å². The minimum absolute atomic E-state index is 0.319. The number of thioether (sulfide) groups is 1. The molecule has 0 radical (unpaired) electrons. The minimum Gasteiger partial charge on any atom is -0.365 e. The van der Waals surface area contributed by atoms with Crippen molar-refractivity contribution in [3.05, 3.63) is 0 Å². The second-order valence-electron chi connectivity index (χ2n) is 12.7. The van der Waals surface area contributed by atoms with E-state index in [0.29, 0.717) is 79.8 Å². The Kier molecular flexibility index (Phi) is 27.8. The maximum atomic E-state index is 12.2. The van der Waals surface area contributed by atoms with Gasteiger partial charge in [-0.1, -0.05) is 38.5 Å². The highest BCUT2D eigenvalue weighted by atomic mass is 32.2. The van der Waals surface area contributed by atoms with Gasteiger partial charge >= 0.3 is 0 Å². The summed E-state index contributed by atoms with van der Waals surface area (Å²) in [5.41, 5.74) is 0. The zero-order valence-electron chi connectivity index (χ0n) is 28.7. The van der Waals surface area contributed by atoms with Crippen LogP contribution in [0.25, 0.3) is 0 Å². The number of Topliss-reactive ketones (excluding diaryl/α,β-unsaturated/α-hetero) is 3. The number of unbranched alkanes of at least 4 members (excludes halogenated alkanes) is 10. The summed E-state index contributed by atoms with van der Waals surface area (Å²) in [5.74, 6) is 2.11. The fourth-order valence-electron chi connectivity index (χ4n) is 6.17. The lowest BCUT2D eigenvalue weighted by Crippen LogP contribution is -2.38. The van der Waals surface area contributed by atoms with Crippen LogP contribution in [-0.2, 0) is 29.0 Å². The third kappa shape index (κ3) is 22.4. The molecule has 0 saturated carbocycles. The largest absolute Gasteiger partial charge is 0.365 e. The van der Waals surface area contributed by atoms with E-state index in [1.807, 2.05) is 18.6 Å². The van der Waals surface area contributed by atoms with Crippen molar-refractivity contribution in [3.63, 3.8) is 0 Å². The normalized spacial score (nSPS) is 20.3. The number of hydrogen-bond donors (Lipinski definition) is 4. The van der Waals surface area contributed by atoms with Crippen molar-refractivity contribution in [2.75, 3.05) is 32.6 Å². The van der Waals surface area contributed by atoms with Gasteiger partial charge in [-0.2, -0.15) is 11.8 Å². The number of hydrogen-bond acceptors (Lipinski definition) is 11. The Morgan fingerprint density at radius 1 is 0.696 bits per heavy atom. The summed E-state index contributed by atoms with van der Waals surface area (Å²) < 4.78 is 0. The first-order valence-corrected chi connectivity index (χ1v) is 19.1. The molecule has 4 unspecified atom stereocenters. The number of nitrogens with one attached hydrogen (secondary N) is 3. The molecule has 2 aliphatic rings. The molecule has 268 valence electrons. The second-order valence-corrected chi connectivity index (χ2v) is 14.0. The molecular formula is C35H65N3O7S. The molecule has 4 atom stereocenters. The summed E-state index contributed by atoms with van der Waals surface area (Å²) in [5, 5.41) is 20.3. The van der Waals surface area contributed by atoms with E-state index in [-0.39, 0.29) is 0 Å². The highest BCUT2D eigenvalue weighted by Crippen LogP contribution is 2.33. The lowest BCUT2D eigenvalue weighted by molar-refractivity contribution is -0.272. The fraction of sp³-hybridized carbons (Fsp3) is 0.886. The van der Waals surface area contributed by atoms with E-state index in [4.69, 9.17) is 9.68 Å². The predicted octanol–water partition coefficient (Wildman–Crippen LogP) is 5.58. The number of rotatable bonds is 31. The van der Waals surface area contributed by atoms with Gasteiger partial charge < -0.3 is 15.2 Å². The van der Waals surface area contributed by atoms with E-state index in [9.17, 15) is 19.5 Å². The quantitative estimate of drug-likeness (QED) is 0.0417. The van der Waals surface area contributed by atoms with Crippen molar-refractivity contribution in [1.82, 2.24) is 16.0 Å². The Morgan fingerprint density at radius 3 is 1.67 bits per heavy atom. The molecule has 0 bridgehead atoms. The Balaban J connectivity index is 0.00000518. The third-order valence-corrected chi connectivity index (χ3v) is 10.3. The van der Waals surface area contributed by atoms with E-state index in [1.54, 1.807) is 0 Å². The van der Waals surface area contributed by atoms with Gasteiger partial charge in [0.2, 0.25) is 0 Å². The average Bonchev–Trinajstić information content (AvgIpc) is 3.61. The van der Waals surface area contributed by atoms with Gasteiger partial charge in [-0.25, -0.2) is 9.78 Å². The molecule has 11 heteroatoms. The van der Waals surface area contributed by atoms with Gasteiger partial charge in [0.05, 0.1) is 13.7 Å². The first-order valence-electron chi connectivity index (χ1n) is 18.0. The zero-order chi connectivity index (χ0) is 33.7. The van der Waals surface area contributed by atoms with Crippen molar-refractivity contribution in [2.45, 2.75) is 165 Å². The molecule has 0 aromatic rings. The highest BCUT2D eigenvalue weighted by molar-refractivity contribution is 8.00. The summed E-state index contributed by atoms with van der Waals surface area (Å²) in [6.07, 6.45) is 19.6. The first-order chi connectivity index (χ1) is 22.5. The van der Waals surface area contributed by atoms with E-state index in [0.717, 1.165) is 102 Å². The predicted molar refractivity (Wildman–Crippen MR) is 186 cm³/mol. The lowest BCUT2D eigenvalue weighted by atomic mass is 10.0. The maximum Gasteiger partial charge on any atom is 0.161 e. The van der Waals surface area contributed by atoms with Gasteiger partial charge in [0, 0.05) is 61.6 Å². The molecule has 0 aliphatic carbocycles. The summed E-state index contributed by atoms with van der Waals surface area (Å²) in [6, 6.07) is 0.821. The van der Waals surface area contributed by atoms with Crippen LogP contribution in [-0.4, -0.2) is 85.5 Å². The number of aliphatic hydroxyl groups excluding tert-OH is 1. The Hall–Kier alpha value is -1.21. The lowest BCUT2D eigenvalue weighted by Gasteiger charge is -2.17. The molecule has 2 heterocycles. The van der Waals surface area contributed by atoms with Gasteiger partial charge in [-0.15, -0.1) is 0 Å². The molecule has 0 aromatic heterocycles. The van der Waals surface area contributed by atoms with Gasteiger partial charge in [-0.05, 0) is 77.3 Å². The Bertz CT molecular complexity index is 791. The van der Waals surface area contributed by atoms with E-state index < -0.39 is 6.35 Å². The summed E-state index contributed by atoms with van der Waals surface area (Å²) in [6.45, 7) is 4.68. The first kappa shape index (κ1) is 42.8. The number of carbonyl (C=O) groups excluding carboxylic acids is 4. The second kappa shape index (κ2) is 29.9. The van der Waals surface area contributed by atoms with Crippen LogP contribution in [0.5, 0.6) is 0 Å². The standard InChI is InChI=1S/C34H63N3O6S.CH2O/c1-42-43-26-16-3-2-7-17-28(38)18-8-4-9-19-29(39)20-10-5-11-21-30(40)22-12-6-14-24-35-25-15-13-23-32-33-31(27-44-32)36-34(41)37-33;1-2/h31-37,41H,2-27H2,1H3;1H2. The number of fused-ring (bicyclic) bond motifs is 1. The molecule has 46 heavy (non-hydrogen) atoms. The Labute approximate surface area is 283 Å². The van der Waals surface area contributed by atoms with Crippen LogP contribution in [0.3, 0.4) is 0 Å². The van der Waals surface area contributed by atoms with Gasteiger partial charge in [-0.3, -0.25) is 25.0 Å². The average molecular weight is 672 g/mol. The molecule has 0 spiro atoms. The monoisotopic (exact) mass is 671 g/mol. The fourth-order valence-corrected chi connectivity index (χ4v) is 7.74. The molecule has 10 nitrogen and oxygen atoms in total. The van der Waals surface area contributed by atoms with E-state index in [1.165, 1.54) is 26.4 Å². The van der Waals surface area contributed by atoms with Crippen LogP contribution in [0.1, 0.15) is 141 Å². The van der Waals surface area contributed by atoms with Crippen molar-refractivity contribution >= 4 is 35.9 Å². The van der Waals surface area contributed by atoms with Crippen LogP contribution >= 0.6 is 11.8 Å². The van der Waals surface area contributed by atoms with Crippen molar-refractivity contribution in [2.24, 2.45) is 0 Å². The summed E-state index contributed by atoms with van der Waals surface area (Å²) >= 11 is 2.02. The zero-order valence-corrected chi connectivity index (χ0v) is 29.5. The molecule has 2 saturated heterocycles.